The molecule has 1 aromatic heterocycles. The van der Waals surface area contributed by atoms with Crippen molar-refractivity contribution in [3.05, 3.63) is 15.0 Å². The first-order valence-corrected chi connectivity index (χ1v) is 5.71. The molecule has 1 aliphatic carbocycles. The van der Waals surface area contributed by atoms with Crippen molar-refractivity contribution in [2.24, 2.45) is 0 Å². The van der Waals surface area contributed by atoms with E-state index < -0.39 is 17.8 Å². The zero-order valence-corrected chi connectivity index (χ0v) is 10.5. The normalized spacial score (nSPS) is 17.6. The molecule has 0 unspecified atom stereocenters. The molecular weight excluding hydrogens is 333 g/mol. The predicted octanol–water partition coefficient (Wildman–Crippen LogP) is 2.10. The van der Waals surface area contributed by atoms with E-state index in [1.165, 1.54) is 7.11 Å². The third-order valence-corrected chi connectivity index (χ3v) is 3.84. The van der Waals surface area contributed by atoms with Gasteiger partial charge in [-0.1, -0.05) is 0 Å². The van der Waals surface area contributed by atoms with Gasteiger partial charge >= 0.3 is 5.97 Å². The van der Waals surface area contributed by atoms with Gasteiger partial charge in [-0.3, -0.25) is 5.10 Å². The Kier molecular flexibility index (Phi) is 2.89. The maximum absolute atomic E-state index is 12.9. The maximum Gasteiger partial charge on any atom is 0.359 e. The van der Waals surface area contributed by atoms with Gasteiger partial charge in [-0.25, -0.2) is 13.6 Å². The summed E-state index contributed by atoms with van der Waals surface area (Å²) < 4.78 is 30.7. The Morgan fingerprint density at radius 2 is 2.25 bits per heavy atom. The largest absolute Gasteiger partial charge is 0.464 e. The first kappa shape index (κ1) is 11.7. The third kappa shape index (κ3) is 1.61. The summed E-state index contributed by atoms with van der Waals surface area (Å²) in [4.78, 5) is 11.3. The molecule has 4 nitrogen and oxygen atoms in total. The lowest BCUT2D eigenvalue weighted by molar-refractivity contribution is 0.0592. The van der Waals surface area contributed by atoms with Crippen molar-refractivity contribution in [3.63, 3.8) is 0 Å². The minimum Gasteiger partial charge on any atom is -0.464 e. The van der Waals surface area contributed by atoms with E-state index in [2.05, 4.69) is 14.9 Å². The number of aromatic nitrogens is 2. The number of nitrogens with zero attached hydrogens (tertiary/aromatic N) is 1. The van der Waals surface area contributed by atoms with Gasteiger partial charge in [0.2, 0.25) is 6.43 Å². The van der Waals surface area contributed by atoms with Crippen LogP contribution in [0.3, 0.4) is 0 Å². The number of methoxy groups -OCH3 is 1. The topological polar surface area (TPSA) is 55.0 Å². The van der Waals surface area contributed by atoms with Crippen LogP contribution in [0, 0.1) is 3.57 Å². The van der Waals surface area contributed by atoms with E-state index in [-0.39, 0.29) is 5.69 Å². The zero-order valence-electron chi connectivity index (χ0n) is 8.39. The molecule has 0 amide bonds. The molecule has 1 heterocycles. The Hall–Kier alpha value is -0.730. The van der Waals surface area contributed by atoms with Gasteiger partial charge in [-0.2, -0.15) is 5.10 Å². The number of halogens is 3. The monoisotopic (exact) mass is 342 g/mol. The number of carbonyl (C=O) groups excluding carboxylic acids is 1. The summed E-state index contributed by atoms with van der Waals surface area (Å²) in [6.07, 6.45) is -1.60. The molecule has 88 valence electrons. The minimum atomic E-state index is -2.44. The molecule has 1 aliphatic rings. The van der Waals surface area contributed by atoms with Gasteiger partial charge in [0.1, 0.15) is 0 Å². The zero-order chi connectivity index (χ0) is 11.9. The maximum atomic E-state index is 12.9. The van der Waals surface area contributed by atoms with Crippen molar-refractivity contribution < 1.29 is 18.3 Å². The van der Waals surface area contributed by atoms with Crippen LogP contribution >= 0.6 is 22.6 Å². The van der Waals surface area contributed by atoms with Crippen molar-refractivity contribution in [2.75, 3.05) is 7.11 Å². The lowest BCUT2D eigenvalue weighted by Crippen LogP contribution is -2.19. The fourth-order valence-electron chi connectivity index (χ4n) is 1.60. The van der Waals surface area contributed by atoms with E-state index in [0.29, 0.717) is 22.1 Å². The van der Waals surface area contributed by atoms with Crippen LogP contribution in [0.25, 0.3) is 0 Å². The Morgan fingerprint density at radius 1 is 1.62 bits per heavy atom. The van der Waals surface area contributed by atoms with Crippen molar-refractivity contribution in [1.29, 1.82) is 0 Å². The van der Waals surface area contributed by atoms with Crippen LogP contribution in [0.4, 0.5) is 8.78 Å². The number of hydrogen-bond acceptors (Lipinski definition) is 3. The number of rotatable bonds is 3. The van der Waals surface area contributed by atoms with Crippen LogP contribution in [0.15, 0.2) is 0 Å². The molecule has 0 bridgehead atoms. The van der Waals surface area contributed by atoms with Crippen molar-refractivity contribution in [2.45, 2.75) is 24.7 Å². The summed E-state index contributed by atoms with van der Waals surface area (Å²) in [5.74, 6) is -0.614. The van der Waals surface area contributed by atoms with Crippen LogP contribution in [0.2, 0.25) is 0 Å². The molecule has 0 saturated heterocycles. The Morgan fingerprint density at radius 3 is 2.69 bits per heavy atom. The van der Waals surface area contributed by atoms with E-state index in [0.717, 1.165) is 0 Å². The lowest BCUT2D eigenvalue weighted by Gasteiger charge is -2.11. The van der Waals surface area contributed by atoms with Gasteiger partial charge in [0, 0.05) is 0 Å². The van der Waals surface area contributed by atoms with E-state index >= 15 is 0 Å². The van der Waals surface area contributed by atoms with Crippen LogP contribution < -0.4 is 0 Å². The van der Waals surface area contributed by atoms with E-state index in [1.807, 2.05) is 22.6 Å². The average molecular weight is 342 g/mol. The molecule has 2 rings (SSSR count). The number of alkyl halides is 2. The second kappa shape index (κ2) is 3.94. The van der Waals surface area contributed by atoms with Gasteiger partial charge in [-0.05, 0) is 35.4 Å². The van der Waals surface area contributed by atoms with Crippen molar-refractivity contribution >= 4 is 28.6 Å². The fraction of sp³-hybridized carbons (Fsp3) is 0.556. The van der Waals surface area contributed by atoms with Crippen molar-refractivity contribution in [1.82, 2.24) is 10.2 Å². The van der Waals surface area contributed by atoms with E-state index in [4.69, 9.17) is 0 Å². The van der Waals surface area contributed by atoms with Gasteiger partial charge in [0.15, 0.2) is 5.69 Å². The summed E-state index contributed by atoms with van der Waals surface area (Å²) in [6.45, 7) is 0. The van der Waals surface area contributed by atoms with Gasteiger partial charge < -0.3 is 4.74 Å². The number of hydrogen-bond donors (Lipinski definition) is 1. The molecular formula is C9H9F2IN2O2. The number of carbonyl (C=O) groups is 1. The molecule has 16 heavy (non-hydrogen) atoms. The lowest BCUT2D eigenvalue weighted by atomic mass is 10.0. The highest BCUT2D eigenvalue weighted by Crippen LogP contribution is 2.53. The number of aromatic amines is 1. The minimum absolute atomic E-state index is 0.0741. The van der Waals surface area contributed by atoms with Crippen LogP contribution in [-0.2, 0) is 10.2 Å². The number of ether oxygens (including phenoxy) is 1. The molecule has 1 fully saturated rings. The second-order valence-electron chi connectivity index (χ2n) is 3.71. The molecule has 1 N–H and O–H groups in total. The molecule has 0 aliphatic heterocycles. The highest BCUT2D eigenvalue weighted by molar-refractivity contribution is 14.1. The third-order valence-electron chi connectivity index (χ3n) is 2.79. The number of nitrogens with one attached hydrogen (secondary N) is 1. The summed E-state index contributed by atoms with van der Waals surface area (Å²) in [7, 11) is 1.23. The molecule has 1 saturated carbocycles. The predicted molar refractivity (Wildman–Crippen MR) is 59.6 cm³/mol. The van der Waals surface area contributed by atoms with Crippen LogP contribution in [-0.4, -0.2) is 29.7 Å². The quantitative estimate of drug-likeness (QED) is 0.676. The number of esters is 1. The first-order valence-electron chi connectivity index (χ1n) is 4.63. The summed E-state index contributed by atoms with van der Waals surface area (Å²) in [5.41, 5.74) is -0.705. The van der Waals surface area contributed by atoms with E-state index in [1.54, 1.807) is 0 Å². The van der Waals surface area contributed by atoms with Gasteiger partial charge in [0.25, 0.3) is 0 Å². The SMILES string of the molecule is COC(=O)c1n[nH]c(C2(C(F)F)CC2)c1I. The summed E-state index contributed by atoms with van der Waals surface area (Å²) in [5, 5.41) is 6.27. The first-order chi connectivity index (χ1) is 7.53. The fourth-order valence-corrected chi connectivity index (χ4v) is 2.60. The Balaban J connectivity index is 2.38. The average Bonchev–Trinajstić information content (AvgIpc) is 2.97. The molecule has 0 aromatic carbocycles. The molecule has 0 atom stereocenters. The summed E-state index contributed by atoms with van der Waals surface area (Å²) >= 11 is 1.85. The second-order valence-corrected chi connectivity index (χ2v) is 4.79. The standard InChI is InChI=1S/C9H9F2IN2O2/c1-16-7(15)5-4(12)6(14-13-5)9(2-3-9)8(10)11/h8H,2-3H2,1H3,(H,13,14). The van der Waals surface area contributed by atoms with Crippen LogP contribution in [0.1, 0.15) is 29.0 Å². The number of H-pyrrole nitrogens is 1. The smallest absolute Gasteiger partial charge is 0.359 e. The summed E-state index contributed by atoms with van der Waals surface area (Å²) in [6, 6.07) is 0. The molecule has 0 radical (unpaired) electrons. The van der Waals surface area contributed by atoms with Gasteiger partial charge in [-0.15, -0.1) is 0 Å². The Bertz CT molecular complexity index is 429. The molecule has 1 aromatic rings. The highest BCUT2D eigenvalue weighted by Gasteiger charge is 2.55. The molecule has 7 heteroatoms. The van der Waals surface area contributed by atoms with Crippen molar-refractivity contribution in [3.8, 4) is 0 Å². The van der Waals surface area contributed by atoms with E-state index in [9.17, 15) is 13.6 Å². The highest BCUT2D eigenvalue weighted by atomic mass is 127. The van der Waals surface area contributed by atoms with Gasteiger partial charge in [0.05, 0.1) is 21.8 Å². The van der Waals surface area contributed by atoms with Crippen LogP contribution in [0.5, 0.6) is 0 Å². The molecule has 0 spiro atoms. The Labute approximate surface area is 104 Å².